The molecule has 3 nitrogen and oxygen atoms in total. The van der Waals surface area contributed by atoms with Crippen LogP contribution in [0.1, 0.15) is 11.3 Å². The van der Waals surface area contributed by atoms with Crippen LogP contribution in [-0.2, 0) is 13.1 Å². The highest BCUT2D eigenvalue weighted by Gasteiger charge is 2.09. The molecule has 2 rings (SSSR count). The number of rotatable bonds is 4. The van der Waals surface area contributed by atoms with Gasteiger partial charge in [0.1, 0.15) is 5.82 Å². The third-order valence-electron chi connectivity index (χ3n) is 2.56. The molecule has 0 unspecified atom stereocenters. The lowest BCUT2D eigenvalue weighted by Gasteiger charge is -2.21. The van der Waals surface area contributed by atoms with E-state index in [1.165, 1.54) is 12.1 Å². The van der Waals surface area contributed by atoms with Crippen LogP contribution in [-0.4, -0.2) is 12.0 Å². The summed E-state index contributed by atoms with van der Waals surface area (Å²) in [5, 5.41) is 2.00. The van der Waals surface area contributed by atoms with E-state index >= 15 is 0 Å². The van der Waals surface area contributed by atoms with E-state index in [2.05, 4.69) is 4.98 Å². The molecule has 0 bridgehead atoms. The van der Waals surface area contributed by atoms with Crippen molar-refractivity contribution < 1.29 is 4.39 Å². The predicted molar refractivity (Wildman–Crippen MR) is 68.5 cm³/mol. The second-order valence-corrected chi connectivity index (χ2v) is 4.53. The summed E-state index contributed by atoms with van der Waals surface area (Å²) < 4.78 is 13.1. The molecule has 2 N–H and O–H groups in total. The number of hydrogen-bond acceptors (Lipinski definition) is 4. The van der Waals surface area contributed by atoms with Gasteiger partial charge < -0.3 is 10.6 Å². The highest BCUT2D eigenvalue weighted by atomic mass is 32.1. The molecule has 17 heavy (non-hydrogen) atoms. The molecule has 5 heteroatoms. The van der Waals surface area contributed by atoms with Crippen molar-refractivity contribution in [1.82, 2.24) is 4.98 Å². The Hall–Kier alpha value is -1.46. The minimum Gasteiger partial charge on any atom is -0.368 e. The van der Waals surface area contributed by atoms with Crippen LogP contribution in [0.15, 0.2) is 29.1 Å². The van der Waals surface area contributed by atoms with Gasteiger partial charge in [-0.05, 0) is 23.8 Å². The van der Waals surface area contributed by atoms with Crippen LogP contribution in [0.25, 0.3) is 0 Å². The van der Waals surface area contributed by atoms with Crippen LogP contribution >= 0.6 is 11.3 Å². The van der Waals surface area contributed by atoms with Gasteiger partial charge in [-0.2, -0.15) is 0 Å². The van der Waals surface area contributed by atoms with Crippen LogP contribution in [0.3, 0.4) is 0 Å². The third kappa shape index (κ3) is 2.81. The van der Waals surface area contributed by atoms with Crippen molar-refractivity contribution in [2.24, 2.45) is 5.73 Å². The Morgan fingerprint density at radius 3 is 2.94 bits per heavy atom. The Labute approximate surface area is 104 Å². The van der Waals surface area contributed by atoms with Gasteiger partial charge in [-0.25, -0.2) is 9.37 Å². The largest absolute Gasteiger partial charge is 0.368 e. The number of benzene rings is 1. The number of thiazole rings is 1. The van der Waals surface area contributed by atoms with Gasteiger partial charge >= 0.3 is 0 Å². The Morgan fingerprint density at radius 1 is 1.47 bits per heavy atom. The first-order valence-electron chi connectivity index (χ1n) is 5.27. The van der Waals surface area contributed by atoms with Crippen molar-refractivity contribution in [2.75, 3.05) is 11.9 Å². The van der Waals surface area contributed by atoms with Gasteiger partial charge in [0.2, 0.25) is 0 Å². The molecule has 1 aromatic heterocycles. The predicted octanol–water partition coefficient (Wildman–Crippen LogP) is 2.38. The number of halogens is 1. The zero-order valence-corrected chi connectivity index (χ0v) is 10.4. The lowest BCUT2D eigenvalue weighted by Crippen LogP contribution is -2.19. The zero-order valence-electron chi connectivity index (χ0n) is 9.56. The molecule has 0 radical (unpaired) electrons. The van der Waals surface area contributed by atoms with E-state index in [4.69, 9.17) is 5.73 Å². The molecule has 0 aliphatic carbocycles. The number of nitrogens with zero attached hydrogens (tertiary/aromatic N) is 2. The van der Waals surface area contributed by atoms with Gasteiger partial charge in [0.15, 0.2) is 0 Å². The molecule has 1 aromatic carbocycles. The summed E-state index contributed by atoms with van der Waals surface area (Å²) in [4.78, 5) is 6.25. The molecule has 0 aliphatic heterocycles. The molecule has 2 aromatic rings. The number of anilines is 1. The van der Waals surface area contributed by atoms with Crippen molar-refractivity contribution in [3.8, 4) is 0 Å². The van der Waals surface area contributed by atoms with Crippen LogP contribution in [0.4, 0.5) is 10.1 Å². The smallest absolute Gasteiger partial charge is 0.123 e. The molecule has 0 atom stereocenters. The molecule has 0 saturated heterocycles. The minimum atomic E-state index is -0.253. The molecule has 0 fully saturated rings. The van der Waals surface area contributed by atoms with Gasteiger partial charge in [-0.3, -0.25) is 0 Å². The number of aromatic nitrogens is 1. The number of nitrogens with two attached hydrogens (primary N) is 1. The summed E-state index contributed by atoms with van der Waals surface area (Å²) >= 11 is 1.57. The molecular weight excluding hydrogens is 237 g/mol. The van der Waals surface area contributed by atoms with Crippen LogP contribution in [0.2, 0.25) is 0 Å². The molecule has 0 saturated carbocycles. The average molecular weight is 251 g/mol. The first-order chi connectivity index (χ1) is 8.20. The maximum absolute atomic E-state index is 13.1. The Bertz CT molecular complexity index is 485. The standard InChI is InChI=1S/C12H14FN3S/c1-16(6-11-7-17-8-15-11)12-3-2-10(13)4-9(12)5-14/h2-4,7-8H,5-6,14H2,1H3. The van der Waals surface area contributed by atoms with E-state index in [9.17, 15) is 4.39 Å². The van der Waals surface area contributed by atoms with E-state index in [0.717, 1.165) is 16.9 Å². The highest BCUT2D eigenvalue weighted by molar-refractivity contribution is 7.07. The maximum Gasteiger partial charge on any atom is 0.123 e. The van der Waals surface area contributed by atoms with Crippen LogP contribution in [0, 0.1) is 5.82 Å². The third-order valence-corrected chi connectivity index (χ3v) is 3.19. The fourth-order valence-corrected chi connectivity index (χ4v) is 2.28. The summed E-state index contributed by atoms with van der Waals surface area (Å²) in [5.74, 6) is -0.253. The van der Waals surface area contributed by atoms with E-state index in [1.54, 1.807) is 22.9 Å². The SMILES string of the molecule is CN(Cc1cscn1)c1ccc(F)cc1CN. The molecule has 90 valence electrons. The lowest BCUT2D eigenvalue weighted by atomic mass is 10.1. The van der Waals surface area contributed by atoms with Crippen LogP contribution in [0.5, 0.6) is 0 Å². The first kappa shape index (κ1) is 12.0. The quantitative estimate of drug-likeness (QED) is 0.907. The van der Waals surface area contributed by atoms with E-state index in [1.807, 2.05) is 17.3 Å². The first-order valence-corrected chi connectivity index (χ1v) is 6.21. The second-order valence-electron chi connectivity index (χ2n) is 3.81. The van der Waals surface area contributed by atoms with Crippen LogP contribution < -0.4 is 10.6 Å². The Morgan fingerprint density at radius 2 is 2.29 bits per heavy atom. The van der Waals surface area contributed by atoms with E-state index in [-0.39, 0.29) is 5.82 Å². The van der Waals surface area contributed by atoms with Crippen molar-refractivity contribution in [3.63, 3.8) is 0 Å². The average Bonchev–Trinajstić information content (AvgIpc) is 2.81. The number of hydrogen-bond donors (Lipinski definition) is 1. The summed E-state index contributed by atoms with van der Waals surface area (Å²) in [6.07, 6.45) is 0. The molecule has 0 spiro atoms. The van der Waals surface area contributed by atoms with Gasteiger partial charge in [0.05, 0.1) is 17.7 Å². The summed E-state index contributed by atoms with van der Waals surface area (Å²) in [5.41, 5.74) is 10.2. The monoisotopic (exact) mass is 251 g/mol. The normalized spacial score (nSPS) is 10.5. The fraction of sp³-hybridized carbons (Fsp3) is 0.250. The Kier molecular flexibility index (Phi) is 3.71. The summed E-state index contributed by atoms with van der Waals surface area (Å²) in [6, 6.07) is 4.68. The zero-order chi connectivity index (χ0) is 12.3. The molecule has 0 amide bonds. The molecular formula is C12H14FN3S. The summed E-state index contributed by atoms with van der Waals surface area (Å²) in [6.45, 7) is 1.02. The van der Waals surface area contributed by atoms with E-state index in [0.29, 0.717) is 13.1 Å². The van der Waals surface area contributed by atoms with Gasteiger partial charge in [0.25, 0.3) is 0 Å². The maximum atomic E-state index is 13.1. The fourth-order valence-electron chi connectivity index (χ4n) is 1.73. The van der Waals surface area contributed by atoms with Gasteiger partial charge in [-0.15, -0.1) is 11.3 Å². The highest BCUT2D eigenvalue weighted by Crippen LogP contribution is 2.21. The molecule has 0 aliphatic rings. The van der Waals surface area contributed by atoms with Crippen molar-refractivity contribution in [2.45, 2.75) is 13.1 Å². The minimum absolute atomic E-state index is 0.253. The van der Waals surface area contributed by atoms with Crippen molar-refractivity contribution >= 4 is 17.0 Å². The second kappa shape index (κ2) is 5.25. The van der Waals surface area contributed by atoms with E-state index < -0.39 is 0 Å². The Balaban J connectivity index is 2.21. The van der Waals surface area contributed by atoms with Crippen molar-refractivity contribution in [3.05, 3.63) is 46.2 Å². The van der Waals surface area contributed by atoms with Crippen molar-refractivity contribution in [1.29, 1.82) is 0 Å². The molecule has 1 heterocycles. The van der Waals surface area contributed by atoms with Gasteiger partial charge in [-0.1, -0.05) is 0 Å². The van der Waals surface area contributed by atoms with Gasteiger partial charge in [0, 0.05) is 24.7 Å². The summed E-state index contributed by atoms with van der Waals surface area (Å²) in [7, 11) is 1.95. The lowest BCUT2D eigenvalue weighted by molar-refractivity contribution is 0.625. The topological polar surface area (TPSA) is 42.2 Å².